The van der Waals surface area contributed by atoms with Crippen LogP contribution < -0.4 is 10.0 Å². The summed E-state index contributed by atoms with van der Waals surface area (Å²) in [6.07, 6.45) is 4.67. The molecule has 1 atom stereocenters. The standard InChI is InChI=1S/C20H23N3O3S2/c1-3-13(2)23-28(25,26)15-10-8-14(9-11-15)19(24)22-20-17(12-21)16-6-4-5-7-18(16)27-20/h8-11,13,23H,3-7H2,1-2H3,(H,22,24). The summed E-state index contributed by atoms with van der Waals surface area (Å²) in [6, 6.07) is 7.87. The van der Waals surface area contributed by atoms with Gasteiger partial charge < -0.3 is 5.32 Å². The van der Waals surface area contributed by atoms with E-state index in [1.165, 1.54) is 40.5 Å². The number of aryl methyl sites for hydroxylation is 1. The SMILES string of the molecule is CCC(C)NS(=O)(=O)c1ccc(C(=O)Nc2sc3c(c2C#N)CCCC3)cc1. The maximum atomic E-state index is 12.6. The highest BCUT2D eigenvalue weighted by molar-refractivity contribution is 7.89. The lowest BCUT2D eigenvalue weighted by molar-refractivity contribution is 0.102. The van der Waals surface area contributed by atoms with Crippen LogP contribution in [0.2, 0.25) is 0 Å². The van der Waals surface area contributed by atoms with E-state index in [4.69, 9.17) is 0 Å². The molecule has 2 N–H and O–H groups in total. The first-order valence-corrected chi connectivity index (χ1v) is 11.6. The lowest BCUT2D eigenvalue weighted by Gasteiger charge is -2.12. The minimum Gasteiger partial charge on any atom is -0.312 e. The van der Waals surface area contributed by atoms with Crippen molar-refractivity contribution in [1.82, 2.24) is 4.72 Å². The maximum absolute atomic E-state index is 12.6. The van der Waals surface area contributed by atoms with Crippen LogP contribution in [0.15, 0.2) is 29.2 Å². The molecule has 1 aliphatic rings. The number of nitrogens with zero attached hydrogens (tertiary/aromatic N) is 1. The van der Waals surface area contributed by atoms with Crippen LogP contribution in [-0.2, 0) is 22.9 Å². The van der Waals surface area contributed by atoms with Crippen LogP contribution in [0.4, 0.5) is 5.00 Å². The molecule has 0 bridgehead atoms. The normalized spacial score (nSPS) is 14.8. The molecule has 148 valence electrons. The van der Waals surface area contributed by atoms with Crippen molar-refractivity contribution in [2.75, 3.05) is 5.32 Å². The molecule has 28 heavy (non-hydrogen) atoms. The predicted octanol–water partition coefficient (Wildman–Crippen LogP) is 3.83. The molecule has 1 unspecified atom stereocenters. The Morgan fingerprint density at radius 1 is 1.25 bits per heavy atom. The molecule has 1 aliphatic carbocycles. The van der Waals surface area contributed by atoms with Crippen molar-refractivity contribution in [2.45, 2.75) is 56.9 Å². The summed E-state index contributed by atoms with van der Waals surface area (Å²) in [6.45, 7) is 3.70. The first-order valence-electron chi connectivity index (χ1n) is 9.34. The predicted molar refractivity (Wildman–Crippen MR) is 110 cm³/mol. The highest BCUT2D eigenvalue weighted by Gasteiger charge is 2.22. The summed E-state index contributed by atoms with van der Waals surface area (Å²) in [5.41, 5.74) is 1.97. The third kappa shape index (κ3) is 4.27. The molecule has 8 heteroatoms. The van der Waals surface area contributed by atoms with Crippen LogP contribution in [0.5, 0.6) is 0 Å². The number of amides is 1. The Labute approximate surface area is 169 Å². The molecule has 3 rings (SSSR count). The number of carbonyl (C=O) groups excluding carboxylic acids is 1. The number of nitrogens with one attached hydrogen (secondary N) is 2. The summed E-state index contributed by atoms with van der Waals surface area (Å²) >= 11 is 1.47. The number of sulfonamides is 1. The Morgan fingerprint density at radius 3 is 2.57 bits per heavy atom. The molecule has 0 fully saturated rings. The summed E-state index contributed by atoms with van der Waals surface area (Å²) in [5.74, 6) is -0.353. The van der Waals surface area contributed by atoms with E-state index in [1.807, 2.05) is 6.92 Å². The van der Waals surface area contributed by atoms with E-state index in [9.17, 15) is 18.5 Å². The number of rotatable bonds is 6. The Kier molecular flexibility index (Phi) is 6.18. The highest BCUT2D eigenvalue weighted by atomic mass is 32.2. The van der Waals surface area contributed by atoms with Crippen molar-refractivity contribution in [1.29, 1.82) is 5.26 Å². The summed E-state index contributed by atoms with van der Waals surface area (Å²) in [5, 5.41) is 12.9. The quantitative estimate of drug-likeness (QED) is 0.746. The van der Waals surface area contributed by atoms with Gasteiger partial charge in [0.15, 0.2) is 0 Å². The van der Waals surface area contributed by atoms with Gasteiger partial charge in [-0.05, 0) is 68.9 Å². The van der Waals surface area contributed by atoms with Gasteiger partial charge in [0.1, 0.15) is 11.1 Å². The molecule has 1 aromatic heterocycles. The Bertz CT molecular complexity index is 1020. The van der Waals surface area contributed by atoms with E-state index in [-0.39, 0.29) is 16.8 Å². The zero-order valence-corrected chi connectivity index (χ0v) is 17.5. The molecule has 1 aromatic carbocycles. The van der Waals surface area contributed by atoms with Gasteiger partial charge in [0, 0.05) is 16.5 Å². The summed E-state index contributed by atoms with van der Waals surface area (Å²) in [4.78, 5) is 13.9. The van der Waals surface area contributed by atoms with E-state index >= 15 is 0 Å². The Hall–Kier alpha value is -2.21. The zero-order valence-electron chi connectivity index (χ0n) is 15.9. The minimum absolute atomic E-state index is 0.119. The van der Waals surface area contributed by atoms with Gasteiger partial charge in [0.05, 0.1) is 10.5 Å². The number of hydrogen-bond donors (Lipinski definition) is 2. The van der Waals surface area contributed by atoms with E-state index in [0.717, 1.165) is 31.2 Å². The number of hydrogen-bond acceptors (Lipinski definition) is 5. The van der Waals surface area contributed by atoms with Crippen molar-refractivity contribution in [3.63, 3.8) is 0 Å². The second-order valence-corrected chi connectivity index (χ2v) is 9.76. The zero-order chi connectivity index (χ0) is 20.3. The smallest absolute Gasteiger partial charge is 0.256 e. The average Bonchev–Trinajstić information content (AvgIpc) is 3.04. The molecule has 0 aliphatic heterocycles. The van der Waals surface area contributed by atoms with E-state index in [1.54, 1.807) is 6.92 Å². The van der Waals surface area contributed by atoms with Gasteiger partial charge in [-0.15, -0.1) is 11.3 Å². The first-order chi connectivity index (χ1) is 13.4. The Balaban J connectivity index is 1.78. The van der Waals surface area contributed by atoms with Crippen molar-refractivity contribution < 1.29 is 13.2 Å². The number of carbonyl (C=O) groups is 1. The molecule has 2 aromatic rings. The molecule has 0 spiro atoms. The lowest BCUT2D eigenvalue weighted by atomic mass is 9.96. The van der Waals surface area contributed by atoms with Crippen LogP contribution in [-0.4, -0.2) is 20.4 Å². The van der Waals surface area contributed by atoms with Gasteiger partial charge in [-0.25, -0.2) is 13.1 Å². The second-order valence-electron chi connectivity index (χ2n) is 6.94. The molecule has 0 radical (unpaired) electrons. The second kappa shape index (κ2) is 8.43. The molecule has 1 amide bonds. The van der Waals surface area contributed by atoms with Crippen molar-refractivity contribution in [2.24, 2.45) is 0 Å². The molecule has 0 saturated heterocycles. The van der Waals surface area contributed by atoms with Crippen molar-refractivity contribution in [3.8, 4) is 6.07 Å². The van der Waals surface area contributed by atoms with Crippen molar-refractivity contribution in [3.05, 3.63) is 45.8 Å². The van der Waals surface area contributed by atoms with Gasteiger partial charge >= 0.3 is 0 Å². The van der Waals surface area contributed by atoms with Crippen LogP contribution in [0.3, 0.4) is 0 Å². The van der Waals surface area contributed by atoms with E-state index in [2.05, 4.69) is 16.1 Å². The average molecular weight is 418 g/mol. The number of nitriles is 1. The van der Waals surface area contributed by atoms with Gasteiger partial charge in [-0.2, -0.15) is 5.26 Å². The van der Waals surface area contributed by atoms with Crippen LogP contribution in [0.25, 0.3) is 0 Å². The fourth-order valence-corrected chi connectivity index (χ4v) is 5.71. The van der Waals surface area contributed by atoms with Crippen LogP contribution >= 0.6 is 11.3 Å². The van der Waals surface area contributed by atoms with E-state index < -0.39 is 10.0 Å². The van der Waals surface area contributed by atoms with Crippen molar-refractivity contribution >= 4 is 32.3 Å². The number of fused-ring (bicyclic) bond motifs is 1. The molecular weight excluding hydrogens is 394 g/mol. The number of thiophene rings is 1. The monoisotopic (exact) mass is 417 g/mol. The lowest BCUT2D eigenvalue weighted by Crippen LogP contribution is -2.32. The topological polar surface area (TPSA) is 99.1 Å². The molecule has 6 nitrogen and oxygen atoms in total. The Morgan fingerprint density at radius 2 is 1.93 bits per heavy atom. The number of anilines is 1. The highest BCUT2D eigenvalue weighted by Crippen LogP contribution is 2.37. The maximum Gasteiger partial charge on any atom is 0.256 e. The third-order valence-electron chi connectivity index (χ3n) is 4.91. The molecule has 1 heterocycles. The first kappa shape index (κ1) is 20.5. The minimum atomic E-state index is -3.61. The summed E-state index contributed by atoms with van der Waals surface area (Å²) < 4.78 is 27.2. The molecular formula is C20H23N3O3S2. The van der Waals surface area contributed by atoms with Crippen LogP contribution in [0, 0.1) is 11.3 Å². The van der Waals surface area contributed by atoms with Gasteiger partial charge in [0.25, 0.3) is 5.91 Å². The summed E-state index contributed by atoms with van der Waals surface area (Å²) in [7, 11) is -3.61. The fraction of sp³-hybridized carbons (Fsp3) is 0.400. The third-order valence-corrected chi connectivity index (χ3v) is 7.72. The van der Waals surface area contributed by atoms with Gasteiger partial charge in [0.2, 0.25) is 10.0 Å². The molecule has 0 saturated carbocycles. The fourth-order valence-electron chi connectivity index (χ4n) is 3.15. The van der Waals surface area contributed by atoms with E-state index in [0.29, 0.717) is 22.5 Å². The van der Waals surface area contributed by atoms with Gasteiger partial charge in [-0.1, -0.05) is 6.92 Å². The number of benzene rings is 1. The largest absolute Gasteiger partial charge is 0.312 e. The van der Waals surface area contributed by atoms with Gasteiger partial charge in [-0.3, -0.25) is 4.79 Å². The van der Waals surface area contributed by atoms with Crippen LogP contribution in [0.1, 0.15) is 59.5 Å².